The lowest BCUT2D eigenvalue weighted by molar-refractivity contribution is -0.0753. The van der Waals surface area contributed by atoms with Gasteiger partial charge in [-0.1, -0.05) is 25.0 Å². The molecule has 0 radical (unpaired) electrons. The standard InChI is InChI=1S/C18H25NO4/c1-21-12-13-23-16-8-4-2-6-14(16)18(20)19-10-11-22-17-9-5-3-7-15(17)19/h2,4,6,8,15,17H,3,5,7,9-13H2,1H3. The maximum Gasteiger partial charge on any atom is 0.258 e. The molecule has 0 aromatic heterocycles. The third kappa shape index (κ3) is 3.67. The molecule has 2 aliphatic rings. The quantitative estimate of drug-likeness (QED) is 0.783. The molecule has 126 valence electrons. The minimum absolute atomic E-state index is 0.0539. The first-order valence-electron chi connectivity index (χ1n) is 8.44. The second-order valence-corrected chi connectivity index (χ2v) is 6.10. The van der Waals surface area contributed by atoms with E-state index in [2.05, 4.69) is 0 Å². The average Bonchev–Trinajstić information content (AvgIpc) is 2.61. The molecule has 3 rings (SSSR count). The number of ether oxygens (including phenoxy) is 3. The molecule has 1 aromatic carbocycles. The van der Waals surface area contributed by atoms with Gasteiger partial charge in [0.25, 0.3) is 5.91 Å². The number of hydrogen-bond donors (Lipinski definition) is 0. The first-order chi connectivity index (χ1) is 11.3. The molecule has 1 aromatic rings. The van der Waals surface area contributed by atoms with Crippen molar-refractivity contribution in [2.45, 2.75) is 37.8 Å². The van der Waals surface area contributed by atoms with Gasteiger partial charge in [-0.25, -0.2) is 0 Å². The van der Waals surface area contributed by atoms with E-state index in [9.17, 15) is 4.79 Å². The van der Waals surface area contributed by atoms with E-state index in [-0.39, 0.29) is 18.1 Å². The zero-order valence-corrected chi connectivity index (χ0v) is 13.7. The molecule has 2 unspecified atom stereocenters. The largest absolute Gasteiger partial charge is 0.490 e. The van der Waals surface area contributed by atoms with E-state index in [1.165, 1.54) is 12.8 Å². The topological polar surface area (TPSA) is 48.0 Å². The lowest BCUT2D eigenvalue weighted by Crippen LogP contribution is -2.54. The number of para-hydroxylation sites is 1. The second-order valence-electron chi connectivity index (χ2n) is 6.10. The third-order valence-corrected chi connectivity index (χ3v) is 4.66. The molecule has 2 atom stereocenters. The fourth-order valence-corrected chi connectivity index (χ4v) is 3.51. The highest BCUT2D eigenvalue weighted by Gasteiger charge is 2.37. The van der Waals surface area contributed by atoms with Gasteiger partial charge < -0.3 is 19.1 Å². The molecule has 2 fully saturated rings. The number of nitrogens with zero attached hydrogens (tertiary/aromatic N) is 1. The summed E-state index contributed by atoms with van der Waals surface area (Å²) in [5.74, 6) is 0.687. The van der Waals surface area contributed by atoms with Crippen molar-refractivity contribution in [1.82, 2.24) is 4.90 Å². The van der Waals surface area contributed by atoms with Crippen molar-refractivity contribution in [3.63, 3.8) is 0 Å². The van der Waals surface area contributed by atoms with Crippen molar-refractivity contribution in [2.75, 3.05) is 33.5 Å². The minimum Gasteiger partial charge on any atom is -0.490 e. The molecule has 0 bridgehead atoms. The van der Waals surface area contributed by atoms with Crippen molar-refractivity contribution < 1.29 is 19.0 Å². The predicted octanol–water partition coefficient (Wildman–Crippen LogP) is 2.50. The maximum absolute atomic E-state index is 13.1. The fourth-order valence-electron chi connectivity index (χ4n) is 3.51. The van der Waals surface area contributed by atoms with Crippen molar-refractivity contribution in [3.8, 4) is 5.75 Å². The smallest absolute Gasteiger partial charge is 0.258 e. The molecule has 1 amide bonds. The van der Waals surface area contributed by atoms with Gasteiger partial charge >= 0.3 is 0 Å². The number of methoxy groups -OCH3 is 1. The summed E-state index contributed by atoms with van der Waals surface area (Å²) >= 11 is 0. The Hall–Kier alpha value is -1.59. The first kappa shape index (κ1) is 16.3. The van der Waals surface area contributed by atoms with Gasteiger partial charge in [-0.2, -0.15) is 0 Å². The Kier molecular flexibility index (Phi) is 5.51. The van der Waals surface area contributed by atoms with E-state index < -0.39 is 0 Å². The summed E-state index contributed by atoms with van der Waals surface area (Å²) in [6.07, 6.45) is 4.65. The SMILES string of the molecule is COCCOc1ccccc1C(=O)N1CCOC2CCCCC21. The van der Waals surface area contributed by atoms with Crippen LogP contribution in [0.2, 0.25) is 0 Å². The lowest BCUT2D eigenvalue weighted by atomic mass is 9.89. The van der Waals surface area contributed by atoms with Crippen LogP contribution in [0.3, 0.4) is 0 Å². The molecule has 1 saturated heterocycles. The molecule has 0 N–H and O–H groups in total. The molecule has 23 heavy (non-hydrogen) atoms. The van der Waals surface area contributed by atoms with Crippen LogP contribution < -0.4 is 4.74 Å². The van der Waals surface area contributed by atoms with E-state index in [4.69, 9.17) is 14.2 Å². The lowest BCUT2D eigenvalue weighted by Gasteiger charge is -2.43. The van der Waals surface area contributed by atoms with Crippen LogP contribution in [0.5, 0.6) is 5.75 Å². The number of carbonyl (C=O) groups is 1. The van der Waals surface area contributed by atoms with Crippen LogP contribution in [0.15, 0.2) is 24.3 Å². The Labute approximate surface area is 137 Å². The molecule has 5 nitrogen and oxygen atoms in total. The fraction of sp³-hybridized carbons (Fsp3) is 0.611. The zero-order valence-electron chi connectivity index (χ0n) is 13.7. The molecule has 5 heteroatoms. The van der Waals surface area contributed by atoms with Crippen LogP contribution in [0.25, 0.3) is 0 Å². The van der Waals surface area contributed by atoms with Gasteiger partial charge in [0.05, 0.1) is 30.9 Å². The van der Waals surface area contributed by atoms with Gasteiger partial charge in [0, 0.05) is 13.7 Å². The van der Waals surface area contributed by atoms with E-state index in [0.29, 0.717) is 37.7 Å². The van der Waals surface area contributed by atoms with Crippen molar-refractivity contribution in [3.05, 3.63) is 29.8 Å². The molecule has 1 aliphatic heterocycles. The first-order valence-corrected chi connectivity index (χ1v) is 8.44. The Morgan fingerprint density at radius 3 is 2.96 bits per heavy atom. The maximum atomic E-state index is 13.1. The van der Waals surface area contributed by atoms with Gasteiger partial charge in [0.2, 0.25) is 0 Å². The van der Waals surface area contributed by atoms with Gasteiger partial charge in [-0.15, -0.1) is 0 Å². The van der Waals surface area contributed by atoms with Gasteiger partial charge in [0.15, 0.2) is 0 Å². The van der Waals surface area contributed by atoms with Gasteiger partial charge in [0.1, 0.15) is 12.4 Å². The van der Waals surface area contributed by atoms with Crippen LogP contribution in [0, 0.1) is 0 Å². The summed E-state index contributed by atoms with van der Waals surface area (Å²) in [6, 6.07) is 7.67. The summed E-state index contributed by atoms with van der Waals surface area (Å²) in [4.78, 5) is 15.1. The highest BCUT2D eigenvalue weighted by molar-refractivity contribution is 5.97. The number of fused-ring (bicyclic) bond motifs is 1. The van der Waals surface area contributed by atoms with Crippen LogP contribution in [0.1, 0.15) is 36.0 Å². The summed E-state index contributed by atoms with van der Waals surface area (Å²) in [6.45, 7) is 2.23. The van der Waals surface area contributed by atoms with Crippen LogP contribution in [-0.2, 0) is 9.47 Å². The number of amides is 1. The van der Waals surface area contributed by atoms with Crippen LogP contribution in [0.4, 0.5) is 0 Å². The van der Waals surface area contributed by atoms with E-state index in [1.807, 2.05) is 29.2 Å². The number of rotatable bonds is 5. The Balaban J connectivity index is 1.76. The normalized spacial score (nSPS) is 24.1. The van der Waals surface area contributed by atoms with Gasteiger partial charge in [-0.05, 0) is 25.0 Å². The van der Waals surface area contributed by atoms with Gasteiger partial charge in [-0.3, -0.25) is 4.79 Å². The number of hydrogen-bond acceptors (Lipinski definition) is 4. The summed E-state index contributed by atoms with van der Waals surface area (Å²) in [5.41, 5.74) is 0.634. The zero-order chi connectivity index (χ0) is 16.1. The van der Waals surface area contributed by atoms with E-state index in [1.54, 1.807) is 7.11 Å². The number of morpholine rings is 1. The highest BCUT2D eigenvalue weighted by Crippen LogP contribution is 2.31. The van der Waals surface area contributed by atoms with Crippen LogP contribution >= 0.6 is 0 Å². The van der Waals surface area contributed by atoms with Crippen molar-refractivity contribution in [1.29, 1.82) is 0 Å². The summed E-state index contributed by atoms with van der Waals surface area (Å²) < 4.78 is 16.6. The highest BCUT2D eigenvalue weighted by atomic mass is 16.5. The Morgan fingerprint density at radius 2 is 2.09 bits per heavy atom. The Morgan fingerprint density at radius 1 is 1.26 bits per heavy atom. The van der Waals surface area contributed by atoms with E-state index >= 15 is 0 Å². The second kappa shape index (κ2) is 7.79. The van der Waals surface area contributed by atoms with Crippen molar-refractivity contribution in [2.24, 2.45) is 0 Å². The van der Waals surface area contributed by atoms with E-state index in [0.717, 1.165) is 12.8 Å². The summed E-state index contributed by atoms with van der Waals surface area (Å²) in [5, 5.41) is 0. The third-order valence-electron chi connectivity index (χ3n) is 4.66. The monoisotopic (exact) mass is 319 g/mol. The predicted molar refractivity (Wildman–Crippen MR) is 86.8 cm³/mol. The molecule has 1 aliphatic carbocycles. The molecule has 1 saturated carbocycles. The molecular weight excluding hydrogens is 294 g/mol. The van der Waals surface area contributed by atoms with Crippen LogP contribution in [-0.4, -0.2) is 56.4 Å². The molecular formula is C18H25NO4. The molecule has 1 heterocycles. The van der Waals surface area contributed by atoms with Crippen molar-refractivity contribution >= 4 is 5.91 Å². The Bertz CT molecular complexity index is 532. The number of carbonyl (C=O) groups excluding carboxylic acids is 1. The minimum atomic E-state index is 0.0539. The summed E-state index contributed by atoms with van der Waals surface area (Å²) in [7, 11) is 1.64. The molecule has 0 spiro atoms. The number of benzene rings is 1. The average molecular weight is 319 g/mol.